The van der Waals surface area contributed by atoms with Gasteiger partial charge in [-0.15, -0.1) is 5.10 Å². The first kappa shape index (κ1) is 10.3. The van der Waals surface area contributed by atoms with Crippen molar-refractivity contribution in [3.63, 3.8) is 0 Å². The summed E-state index contributed by atoms with van der Waals surface area (Å²) in [4.78, 5) is 15.7. The molecule has 0 aromatic carbocycles. The van der Waals surface area contributed by atoms with E-state index in [1.54, 1.807) is 12.3 Å². The van der Waals surface area contributed by atoms with E-state index in [0.717, 1.165) is 18.7 Å². The van der Waals surface area contributed by atoms with Crippen LogP contribution in [0.15, 0.2) is 12.3 Å². The molecule has 0 bridgehead atoms. The Kier molecular flexibility index (Phi) is 2.95. The molecule has 0 atom stereocenters. The van der Waals surface area contributed by atoms with Crippen molar-refractivity contribution in [1.82, 2.24) is 25.4 Å². The Morgan fingerprint density at radius 2 is 2.38 bits per heavy atom. The van der Waals surface area contributed by atoms with E-state index in [4.69, 9.17) is 0 Å². The fourth-order valence-electron chi connectivity index (χ4n) is 1.25. The van der Waals surface area contributed by atoms with Crippen molar-refractivity contribution in [2.75, 3.05) is 5.32 Å². The first-order valence-electron chi connectivity index (χ1n) is 5.01. The highest BCUT2D eigenvalue weighted by atomic mass is 16.2. The van der Waals surface area contributed by atoms with Crippen LogP contribution in [0.25, 0.3) is 0 Å². The van der Waals surface area contributed by atoms with Crippen LogP contribution in [0.4, 0.5) is 5.82 Å². The molecule has 0 aliphatic carbocycles. The highest BCUT2D eigenvalue weighted by molar-refractivity contribution is 6.00. The van der Waals surface area contributed by atoms with Gasteiger partial charge >= 0.3 is 0 Å². The van der Waals surface area contributed by atoms with Crippen LogP contribution < -0.4 is 5.32 Å². The summed E-state index contributed by atoms with van der Waals surface area (Å²) in [5.74, 6) is 1.02. The molecule has 0 radical (unpaired) electrons. The number of hydrogen-bond acceptors (Lipinski definition) is 4. The summed E-state index contributed by atoms with van der Waals surface area (Å²) < 4.78 is 0. The Labute approximate surface area is 91.7 Å². The molecular weight excluding hydrogens is 208 g/mol. The van der Waals surface area contributed by atoms with Gasteiger partial charge in [-0.2, -0.15) is 5.10 Å². The molecule has 0 saturated heterocycles. The van der Waals surface area contributed by atoms with Crippen molar-refractivity contribution in [2.45, 2.75) is 19.8 Å². The van der Waals surface area contributed by atoms with Crippen LogP contribution >= 0.6 is 0 Å². The molecule has 0 unspecified atom stereocenters. The molecule has 0 fully saturated rings. The minimum atomic E-state index is -0.358. The van der Waals surface area contributed by atoms with E-state index in [1.165, 1.54) is 0 Å². The SMILES string of the molecule is CCCc1nc(C(=O)Nc2ccn[nH]2)n[nH]1. The van der Waals surface area contributed by atoms with E-state index in [2.05, 4.69) is 30.7 Å². The van der Waals surface area contributed by atoms with Crippen LogP contribution in [-0.4, -0.2) is 31.3 Å². The molecule has 7 heteroatoms. The topological polar surface area (TPSA) is 99.3 Å². The van der Waals surface area contributed by atoms with Crippen LogP contribution in [0.1, 0.15) is 29.8 Å². The lowest BCUT2D eigenvalue weighted by molar-refractivity contribution is 0.101. The van der Waals surface area contributed by atoms with Gasteiger partial charge in [0.2, 0.25) is 5.82 Å². The molecule has 0 aliphatic rings. The Balaban J connectivity index is 2.03. The lowest BCUT2D eigenvalue weighted by atomic mass is 10.3. The summed E-state index contributed by atoms with van der Waals surface area (Å²) in [5.41, 5.74) is 0. The van der Waals surface area contributed by atoms with E-state index < -0.39 is 0 Å². The zero-order chi connectivity index (χ0) is 11.4. The number of aryl methyl sites for hydroxylation is 1. The molecule has 3 N–H and O–H groups in total. The van der Waals surface area contributed by atoms with Crippen LogP contribution in [0, 0.1) is 0 Å². The van der Waals surface area contributed by atoms with Gasteiger partial charge in [0, 0.05) is 12.5 Å². The van der Waals surface area contributed by atoms with Crippen molar-refractivity contribution >= 4 is 11.7 Å². The predicted molar refractivity (Wildman–Crippen MR) is 56.9 cm³/mol. The second kappa shape index (κ2) is 4.56. The predicted octanol–water partition coefficient (Wildman–Crippen LogP) is 0.733. The molecule has 2 heterocycles. The molecule has 84 valence electrons. The number of carbonyl (C=O) groups is 1. The average Bonchev–Trinajstić information content (AvgIpc) is 2.89. The van der Waals surface area contributed by atoms with E-state index in [0.29, 0.717) is 5.82 Å². The fourth-order valence-corrected chi connectivity index (χ4v) is 1.25. The second-order valence-corrected chi connectivity index (χ2v) is 3.28. The molecule has 7 nitrogen and oxygen atoms in total. The van der Waals surface area contributed by atoms with E-state index in [1.807, 2.05) is 6.92 Å². The molecule has 2 aromatic rings. The van der Waals surface area contributed by atoms with Crippen molar-refractivity contribution in [2.24, 2.45) is 0 Å². The standard InChI is InChI=1S/C9H12N6O/c1-2-3-6-11-8(15-14-6)9(16)12-7-4-5-10-13-7/h4-5H,2-3H2,1H3,(H,11,14,15)(H2,10,12,13,16). The van der Waals surface area contributed by atoms with E-state index in [9.17, 15) is 4.79 Å². The largest absolute Gasteiger partial charge is 0.304 e. The van der Waals surface area contributed by atoms with E-state index >= 15 is 0 Å². The molecular formula is C9H12N6O. The summed E-state index contributed by atoms with van der Waals surface area (Å²) in [6.45, 7) is 2.03. The first-order chi connectivity index (χ1) is 7.79. The van der Waals surface area contributed by atoms with Crippen LogP contribution in [0.3, 0.4) is 0 Å². The minimum Gasteiger partial charge on any atom is -0.304 e. The maximum atomic E-state index is 11.6. The molecule has 1 amide bonds. The number of nitrogens with zero attached hydrogens (tertiary/aromatic N) is 3. The number of rotatable bonds is 4. The third-order valence-corrected chi connectivity index (χ3v) is 1.97. The highest BCUT2D eigenvalue weighted by Crippen LogP contribution is 2.02. The highest BCUT2D eigenvalue weighted by Gasteiger charge is 2.12. The summed E-state index contributed by atoms with van der Waals surface area (Å²) in [5, 5.41) is 15.5. The summed E-state index contributed by atoms with van der Waals surface area (Å²) in [7, 11) is 0. The Bertz CT molecular complexity index is 460. The maximum Gasteiger partial charge on any atom is 0.296 e. The van der Waals surface area contributed by atoms with Crippen LogP contribution in [0.2, 0.25) is 0 Å². The zero-order valence-corrected chi connectivity index (χ0v) is 8.82. The number of hydrogen-bond donors (Lipinski definition) is 3. The number of aromatic amines is 2. The van der Waals surface area contributed by atoms with Crippen molar-refractivity contribution in [1.29, 1.82) is 0 Å². The van der Waals surface area contributed by atoms with Gasteiger partial charge in [-0.05, 0) is 6.42 Å². The Hall–Kier alpha value is -2.18. The van der Waals surface area contributed by atoms with Gasteiger partial charge in [0.15, 0.2) is 0 Å². The van der Waals surface area contributed by atoms with Crippen LogP contribution in [0.5, 0.6) is 0 Å². The summed E-state index contributed by atoms with van der Waals surface area (Å²) in [6, 6.07) is 1.65. The molecule has 2 rings (SSSR count). The molecule has 0 aliphatic heterocycles. The minimum absolute atomic E-state index is 0.137. The quantitative estimate of drug-likeness (QED) is 0.707. The van der Waals surface area contributed by atoms with Crippen molar-refractivity contribution in [3.05, 3.63) is 23.9 Å². The Morgan fingerprint density at radius 3 is 3.06 bits per heavy atom. The van der Waals surface area contributed by atoms with Gasteiger partial charge in [-0.3, -0.25) is 15.0 Å². The smallest absolute Gasteiger partial charge is 0.296 e. The maximum absolute atomic E-state index is 11.6. The third kappa shape index (κ3) is 2.25. The second-order valence-electron chi connectivity index (χ2n) is 3.28. The molecule has 16 heavy (non-hydrogen) atoms. The third-order valence-electron chi connectivity index (χ3n) is 1.97. The average molecular weight is 220 g/mol. The molecule has 0 saturated carbocycles. The number of aromatic nitrogens is 5. The lowest BCUT2D eigenvalue weighted by Gasteiger charge is -1.96. The van der Waals surface area contributed by atoms with Gasteiger partial charge in [0.25, 0.3) is 5.91 Å². The fraction of sp³-hybridized carbons (Fsp3) is 0.333. The number of carbonyl (C=O) groups excluding carboxylic acids is 1. The lowest BCUT2D eigenvalue weighted by Crippen LogP contribution is -2.14. The monoisotopic (exact) mass is 220 g/mol. The normalized spacial score (nSPS) is 10.3. The van der Waals surface area contributed by atoms with Gasteiger partial charge in [-0.25, -0.2) is 4.98 Å². The zero-order valence-electron chi connectivity index (χ0n) is 8.82. The first-order valence-corrected chi connectivity index (χ1v) is 5.01. The molecule has 0 spiro atoms. The number of nitrogens with one attached hydrogen (secondary N) is 3. The van der Waals surface area contributed by atoms with Gasteiger partial charge < -0.3 is 5.32 Å². The van der Waals surface area contributed by atoms with Gasteiger partial charge in [-0.1, -0.05) is 6.92 Å². The van der Waals surface area contributed by atoms with Gasteiger partial charge in [0.1, 0.15) is 11.6 Å². The number of amides is 1. The molecule has 2 aromatic heterocycles. The van der Waals surface area contributed by atoms with Gasteiger partial charge in [0.05, 0.1) is 6.20 Å². The Morgan fingerprint density at radius 1 is 1.50 bits per heavy atom. The number of H-pyrrole nitrogens is 2. The summed E-state index contributed by atoms with van der Waals surface area (Å²) in [6.07, 6.45) is 3.29. The van der Waals surface area contributed by atoms with Crippen molar-refractivity contribution < 1.29 is 4.79 Å². The van der Waals surface area contributed by atoms with E-state index in [-0.39, 0.29) is 11.7 Å². The van der Waals surface area contributed by atoms with Crippen molar-refractivity contribution in [3.8, 4) is 0 Å². The number of anilines is 1. The summed E-state index contributed by atoms with van der Waals surface area (Å²) >= 11 is 0. The van der Waals surface area contributed by atoms with Crippen LogP contribution in [-0.2, 0) is 6.42 Å².